The maximum atomic E-state index is 11.4. The van der Waals surface area contributed by atoms with Crippen molar-refractivity contribution in [2.24, 2.45) is 0 Å². The summed E-state index contributed by atoms with van der Waals surface area (Å²) in [5.74, 6) is 0. The number of hydrogen-bond donors (Lipinski definition) is 0. The van der Waals surface area contributed by atoms with Crippen LogP contribution < -0.4 is 0 Å². The van der Waals surface area contributed by atoms with Gasteiger partial charge in [0, 0.05) is 0 Å². The van der Waals surface area contributed by atoms with Crippen LogP contribution in [0.25, 0.3) is 0 Å². The zero-order valence-corrected chi connectivity index (χ0v) is 10.1. The Bertz CT molecular complexity index is 348. The zero-order valence-electron chi connectivity index (χ0n) is 7.94. The molecule has 0 bridgehead atoms. The summed E-state index contributed by atoms with van der Waals surface area (Å²) < 4.78 is 12.6. The molecule has 1 nitrogen and oxygen atoms in total. The summed E-state index contributed by atoms with van der Waals surface area (Å²) in [4.78, 5) is 1.86. The van der Waals surface area contributed by atoms with E-state index in [1.165, 1.54) is 16.7 Å². The molecule has 1 aromatic carbocycles. The monoisotopic (exact) mass is 277 g/mol. The molecule has 0 atom stereocenters. The van der Waals surface area contributed by atoms with Gasteiger partial charge < -0.3 is 0 Å². The number of aryl methyl sites for hydroxylation is 3. The second-order valence-corrected chi connectivity index (χ2v) is 6.61. The first-order valence-electron chi connectivity index (χ1n) is 3.88. The van der Waals surface area contributed by atoms with E-state index < -0.39 is 19.6 Å². The third kappa shape index (κ3) is 1.98. The van der Waals surface area contributed by atoms with Crippen LogP contribution in [0.15, 0.2) is 12.1 Å². The number of hydrogen-bond acceptors (Lipinski definition) is 0. The van der Waals surface area contributed by atoms with E-state index in [0.29, 0.717) is 0 Å². The van der Waals surface area contributed by atoms with Crippen LogP contribution in [0.4, 0.5) is 0 Å². The predicted molar refractivity (Wildman–Crippen MR) is 60.0 cm³/mol. The van der Waals surface area contributed by atoms with Crippen LogP contribution in [0, 0.1) is 24.3 Å². The number of rotatable bonds is 0. The van der Waals surface area contributed by atoms with E-state index in [0.717, 1.165) is 3.57 Å². The molecule has 0 fully saturated rings. The fourth-order valence-corrected chi connectivity index (χ4v) is 4.29. The van der Waals surface area contributed by atoms with Crippen LogP contribution in [0.3, 0.4) is 0 Å². The Labute approximate surface area is 80.6 Å². The number of benzene rings is 1. The molecule has 0 saturated carbocycles. The molecule has 0 aromatic heterocycles. The van der Waals surface area contributed by atoms with Crippen molar-refractivity contribution in [1.29, 1.82) is 0 Å². The molecule has 1 aromatic rings. The molecule has 0 radical (unpaired) electrons. The van der Waals surface area contributed by atoms with Crippen LogP contribution in [0.1, 0.15) is 16.7 Å². The third-order valence-corrected chi connectivity index (χ3v) is 5.07. The fourth-order valence-electron chi connectivity index (χ4n) is 1.58. The Morgan fingerprint density at radius 1 is 1.08 bits per heavy atom. The topological polar surface area (TPSA) is 19.9 Å². The molecule has 0 saturated heterocycles. The molecule has 0 aliphatic heterocycles. The number of alkyl halides is 1. The molecule has 0 N–H and O–H groups in total. The van der Waals surface area contributed by atoms with E-state index in [1.54, 1.807) is 0 Å². The maximum absolute atomic E-state index is 11.4. The van der Waals surface area contributed by atoms with Gasteiger partial charge in [0.1, 0.15) is 0 Å². The van der Waals surface area contributed by atoms with Crippen molar-refractivity contribution >= 4 is 19.6 Å². The van der Waals surface area contributed by atoms with E-state index >= 15 is 0 Å². The van der Waals surface area contributed by atoms with E-state index in [9.17, 15) is 2.89 Å². The molecular weight excluding hydrogens is 263 g/mol. The summed E-state index contributed by atoms with van der Waals surface area (Å²) in [5.41, 5.74) is 3.64. The molecule has 0 aliphatic carbocycles. The van der Waals surface area contributed by atoms with E-state index in [1.807, 2.05) is 18.8 Å². The predicted octanol–water partition coefficient (Wildman–Crippen LogP) is 3.26. The summed E-state index contributed by atoms with van der Waals surface area (Å²) in [6, 6.07) is 4.21. The van der Waals surface area contributed by atoms with Crippen LogP contribution in [-0.4, -0.2) is 4.93 Å². The van der Waals surface area contributed by atoms with E-state index in [2.05, 4.69) is 19.1 Å². The molecule has 1 rings (SSSR count). The first-order chi connectivity index (χ1) is 5.52. The molecule has 0 amide bonds. The van der Waals surface area contributed by atoms with Crippen molar-refractivity contribution in [3.8, 4) is 0 Å². The summed E-state index contributed by atoms with van der Waals surface area (Å²) >= 11 is -2.04. The quantitative estimate of drug-likeness (QED) is 0.394. The Morgan fingerprint density at radius 3 is 1.83 bits per heavy atom. The first-order valence-corrected chi connectivity index (χ1v) is 7.99. The molecule has 0 unspecified atom stereocenters. The average molecular weight is 277 g/mol. The fraction of sp³-hybridized carbons (Fsp3) is 0.400. The molecule has 66 valence electrons. The van der Waals surface area contributed by atoms with Gasteiger partial charge in [0.15, 0.2) is 0 Å². The second-order valence-electron chi connectivity index (χ2n) is 3.13. The Kier molecular flexibility index (Phi) is 3.12. The van der Waals surface area contributed by atoms with Gasteiger partial charge in [0.05, 0.1) is 0 Å². The Morgan fingerprint density at radius 2 is 1.50 bits per heavy atom. The van der Waals surface area contributed by atoms with Gasteiger partial charge in [-0.25, -0.2) is 0 Å². The van der Waals surface area contributed by atoms with E-state index in [-0.39, 0.29) is 0 Å². The van der Waals surface area contributed by atoms with Gasteiger partial charge in [-0.15, -0.1) is 0 Å². The molecule has 2 heteroatoms. The van der Waals surface area contributed by atoms with Gasteiger partial charge in [0.2, 0.25) is 0 Å². The second kappa shape index (κ2) is 3.75. The zero-order chi connectivity index (χ0) is 9.30. The van der Waals surface area contributed by atoms with Gasteiger partial charge in [-0.05, 0) is 0 Å². The SMILES string of the molecule is Cc1cc(C)c(I(C)#[O+])c(C)c1. The van der Waals surface area contributed by atoms with Crippen molar-refractivity contribution < 1.29 is 2.89 Å². The van der Waals surface area contributed by atoms with Gasteiger partial charge in [-0.3, -0.25) is 0 Å². The van der Waals surface area contributed by atoms with Crippen molar-refractivity contribution in [2.75, 3.05) is 4.93 Å². The minimum atomic E-state index is -2.04. The van der Waals surface area contributed by atoms with Crippen molar-refractivity contribution in [3.05, 3.63) is 32.4 Å². The van der Waals surface area contributed by atoms with Gasteiger partial charge in [-0.1, -0.05) is 0 Å². The molecule has 0 spiro atoms. The average Bonchev–Trinajstić information content (AvgIpc) is 1.82. The molecular formula is C10H14IO+. The van der Waals surface area contributed by atoms with Crippen LogP contribution in [0.5, 0.6) is 0 Å². The van der Waals surface area contributed by atoms with Gasteiger partial charge in [-0.2, -0.15) is 0 Å². The molecule has 12 heavy (non-hydrogen) atoms. The molecule has 0 heterocycles. The van der Waals surface area contributed by atoms with Crippen LogP contribution in [0.2, 0.25) is 0 Å². The summed E-state index contributed by atoms with van der Waals surface area (Å²) in [7, 11) is 0. The van der Waals surface area contributed by atoms with Gasteiger partial charge >= 0.3 is 80.6 Å². The first kappa shape index (κ1) is 9.99. The van der Waals surface area contributed by atoms with Crippen molar-refractivity contribution in [1.82, 2.24) is 0 Å². The Balaban J connectivity index is 3.41. The molecule has 0 aliphatic rings. The third-order valence-electron chi connectivity index (χ3n) is 1.85. The summed E-state index contributed by atoms with van der Waals surface area (Å²) in [5, 5.41) is 0. The number of halogens is 1. The van der Waals surface area contributed by atoms with Crippen LogP contribution in [-0.2, 0) is 2.89 Å². The van der Waals surface area contributed by atoms with Crippen LogP contribution >= 0.6 is 19.6 Å². The Hall–Kier alpha value is -0.0900. The van der Waals surface area contributed by atoms with Gasteiger partial charge in [0.25, 0.3) is 0 Å². The standard InChI is InChI=1S/C10H14IO/c1-7-5-8(2)10(11(4)12)9(3)6-7/h5-6H,1-4H3/q+1. The minimum absolute atomic E-state index is 1.12. The summed E-state index contributed by atoms with van der Waals surface area (Å²) in [6.07, 6.45) is 0. The summed E-state index contributed by atoms with van der Waals surface area (Å²) in [6.45, 7) is 6.16. The normalized spacial score (nSPS) is 10.7. The van der Waals surface area contributed by atoms with Crippen molar-refractivity contribution in [3.63, 3.8) is 0 Å². The van der Waals surface area contributed by atoms with E-state index in [4.69, 9.17) is 0 Å². The van der Waals surface area contributed by atoms with Crippen molar-refractivity contribution in [2.45, 2.75) is 20.8 Å².